The number of hydrogen-bond donors (Lipinski definition) is 1. The number of benzene rings is 1. The highest BCUT2D eigenvalue weighted by Gasteiger charge is 2.16. The lowest BCUT2D eigenvalue weighted by Gasteiger charge is -2.07. The summed E-state index contributed by atoms with van der Waals surface area (Å²) in [6.07, 6.45) is 1.70. The summed E-state index contributed by atoms with van der Waals surface area (Å²) in [5.41, 5.74) is 5.41. The number of aromatic nitrogens is 1. The van der Waals surface area contributed by atoms with Crippen LogP contribution in [0.2, 0.25) is 0 Å². The molecule has 0 saturated carbocycles. The van der Waals surface area contributed by atoms with E-state index in [1.54, 1.807) is 6.20 Å². The van der Waals surface area contributed by atoms with Crippen LogP contribution in [0.5, 0.6) is 17.4 Å². The zero-order chi connectivity index (χ0) is 11.7. The fourth-order valence-corrected chi connectivity index (χ4v) is 1.81. The number of ether oxygens (including phenoxy) is 3. The lowest BCUT2D eigenvalue weighted by Crippen LogP contribution is -2.11. The van der Waals surface area contributed by atoms with Gasteiger partial charge in [0.05, 0.1) is 0 Å². The standard InChI is InChI=1S/C12H12N2O3/c13-2-4-15-12-9-6-11-10(16-7-17-11)5-8(9)1-3-14-12/h1,3,5-6H,2,4,7,13H2. The monoisotopic (exact) mass is 232 g/mol. The van der Waals surface area contributed by atoms with Crippen LogP contribution in [0, 0.1) is 0 Å². The van der Waals surface area contributed by atoms with Crippen LogP contribution in [-0.4, -0.2) is 24.9 Å². The van der Waals surface area contributed by atoms with Crippen LogP contribution in [0.1, 0.15) is 0 Å². The zero-order valence-electron chi connectivity index (χ0n) is 9.18. The van der Waals surface area contributed by atoms with E-state index in [0.29, 0.717) is 19.0 Å². The molecular formula is C12H12N2O3. The minimum atomic E-state index is 0.262. The van der Waals surface area contributed by atoms with Crippen LogP contribution in [0.4, 0.5) is 0 Å². The van der Waals surface area contributed by atoms with Gasteiger partial charge in [-0.25, -0.2) is 4.98 Å². The van der Waals surface area contributed by atoms with Crippen molar-refractivity contribution in [1.29, 1.82) is 0 Å². The summed E-state index contributed by atoms with van der Waals surface area (Å²) in [5, 5.41) is 1.92. The summed E-state index contributed by atoms with van der Waals surface area (Å²) in [5.74, 6) is 2.06. The SMILES string of the molecule is NCCOc1nccc2cc3c(cc12)OCO3. The lowest BCUT2D eigenvalue weighted by atomic mass is 10.1. The smallest absolute Gasteiger partial charge is 0.231 e. The van der Waals surface area contributed by atoms with Crippen LogP contribution in [-0.2, 0) is 0 Å². The minimum Gasteiger partial charge on any atom is -0.476 e. The minimum absolute atomic E-state index is 0.262. The van der Waals surface area contributed by atoms with E-state index in [0.717, 1.165) is 22.3 Å². The molecule has 5 nitrogen and oxygen atoms in total. The van der Waals surface area contributed by atoms with Crippen LogP contribution < -0.4 is 19.9 Å². The van der Waals surface area contributed by atoms with E-state index >= 15 is 0 Å². The number of nitrogens with zero attached hydrogens (tertiary/aromatic N) is 1. The molecule has 3 rings (SSSR count). The highest BCUT2D eigenvalue weighted by Crippen LogP contribution is 2.38. The molecule has 2 heterocycles. The molecule has 1 aliphatic heterocycles. The second-order valence-electron chi connectivity index (χ2n) is 3.68. The number of pyridine rings is 1. The summed E-state index contributed by atoms with van der Waals surface area (Å²) in [6, 6.07) is 5.72. The molecule has 1 aromatic heterocycles. The Labute approximate surface area is 98.1 Å². The predicted molar refractivity (Wildman–Crippen MR) is 62.4 cm³/mol. The van der Waals surface area contributed by atoms with Gasteiger partial charge in [-0.3, -0.25) is 0 Å². The van der Waals surface area contributed by atoms with Gasteiger partial charge in [-0.1, -0.05) is 0 Å². The largest absolute Gasteiger partial charge is 0.476 e. The predicted octanol–water partition coefficient (Wildman–Crippen LogP) is 1.30. The fourth-order valence-electron chi connectivity index (χ4n) is 1.81. The second kappa shape index (κ2) is 4.10. The highest BCUT2D eigenvalue weighted by molar-refractivity contribution is 5.90. The molecule has 1 aliphatic rings. The van der Waals surface area contributed by atoms with Gasteiger partial charge in [0.15, 0.2) is 11.5 Å². The van der Waals surface area contributed by atoms with Crippen LogP contribution in [0.25, 0.3) is 10.8 Å². The molecule has 0 atom stereocenters. The molecular weight excluding hydrogens is 220 g/mol. The third kappa shape index (κ3) is 1.74. The Bertz CT molecular complexity index is 557. The van der Waals surface area contributed by atoms with E-state index in [1.807, 2.05) is 18.2 Å². The van der Waals surface area contributed by atoms with Crippen molar-refractivity contribution in [3.8, 4) is 17.4 Å². The molecule has 5 heteroatoms. The Morgan fingerprint density at radius 2 is 2.12 bits per heavy atom. The number of nitrogens with two attached hydrogens (primary N) is 1. The van der Waals surface area contributed by atoms with Gasteiger partial charge in [-0.15, -0.1) is 0 Å². The molecule has 88 valence electrons. The number of rotatable bonds is 3. The maximum atomic E-state index is 5.50. The Balaban J connectivity index is 2.11. The van der Waals surface area contributed by atoms with Crippen molar-refractivity contribution in [2.24, 2.45) is 5.73 Å². The van der Waals surface area contributed by atoms with Gasteiger partial charge < -0.3 is 19.9 Å². The molecule has 0 amide bonds. The Kier molecular flexibility index (Phi) is 2.45. The Morgan fingerprint density at radius 3 is 2.94 bits per heavy atom. The molecule has 17 heavy (non-hydrogen) atoms. The quantitative estimate of drug-likeness (QED) is 0.864. The molecule has 0 bridgehead atoms. The highest BCUT2D eigenvalue weighted by atomic mass is 16.7. The molecule has 0 fully saturated rings. The van der Waals surface area contributed by atoms with E-state index in [-0.39, 0.29) is 6.79 Å². The van der Waals surface area contributed by atoms with Crippen molar-refractivity contribution in [2.45, 2.75) is 0 Å². The van der Waals surface area contributed by atoms with E-state index in [9.17, 15) is 0 Å². The molecule has 0 unspecified atom stereocenters. The molecule has 1 aromatic carbocycles. The first-order valence-corrected chi connectivity index (χ1v) is 5.40. The summed E-state index contributed by atoms with van der Waals surface area (Å²) >= 11 is 0. The van der Waals surface area contributed by atoms with Gasteiger partial charge in [0.2, 0.25) is 12.7 Å². The summed E-state index contributed by atoms with van der Waals surface area (Å²) < 4.78 is 16.2. The van der Waals surface area contributed by atoms with Crippen LogP contribution in [0.3, 0.4) is 0 Å². The summed E-state index contributed by atoms with van der Waals surface area (Å²) in [4.78, 5) is 4.20. The van der Waals surface area contributed by atoms with Gasteiger partial charge in [-0.2, -0.15) is 0 Å². The zero-order valence-corrected chi connectivity index (χ0v) is 9.18. The molecule has 0 saturated heterocycles. The number of fused-ring (bicyclic) bond motifs is 2. The molecule has 0 spiro atoms. The van der Waals surface area contributed by atoms with Crippen LogP contribution in [0.15, 0.2) is 24.4 Å². The third-order valence-corrected chi connectivity index (χ3v) is 2.58. The van der Waals surface area contributed by atoms with E-state index < -0.39 is 0 Å². The van der Waals surface area contributed by atoms with E-state index in [4.69, 9.17) is 19.9 Å². The van der Waals surface area contributed by atoms with Gasteiger partial charge in [0, 0.05) is 18.1 Å². The maximum absolute atomic E-state index is 5.50. The van der Waals surface area contributed by atoms with Crippen molar-refractivity contribution in [3.63, 3.8) is 0 Å². The van der Waals surface area contributed by atoms with Crippen LogP contribution >= 0.6 is 0 Å². The van der Waals surface area contributed by atoms with Crippen molar-refractivity contribution < 1.29 is 14.2 Å². The summed E-state index contributed by atoms with van der Waals surface area (Å²) in [6.45, 7) is 1.17. The first-order valence-electron chi connectivity index (χ1n) is 5.40. The van der Waals surface area contributed by atoms with Gasteiger partial charge in [0.25, 0.3) is 0 Å². The molecule has 0 aliphatic carbocycles. The molecule has 0 radical (unpaired) electrons. The van der Waals surface area contributed by atoms with Crippen molar-refractivity contribution >= 4 is 10.8 Å². The van der Waals surface area contributed by atoms with Crippen molar-refractivity contribution in [2.75, 3.05) is 19.9 Å². The average molecular weight is 232 g/mol. The topological polar surface area (TPSA) is 66.6 Å². The first kappa shape index (κ1) is 10.2. The molecule has 2 aromatic rings. The van der Waals surface area contributed by atoms with Gasteiger partial charge in [0.1, 0.15) is 6.61 Å². The van der Waals surface area contributed by atoms with Gasteiger partial charge >= 0.3 is 0 Å². The van der Waals surface area contributed by atoms with Crippen molar-refractivity contribution in [3.05, 3.63) is 24.4 Å². The van der Waals surface area contributed by atoms with E-state index in [2.05, 4.69) is 4.98 Å². The van der Waals surface area contributed by atoms with E-state index in [1.165, 1.54) is 0 Å². The summed E-state index contributed by atoms with van der Waals surface area (Å²) in [7, 11) is 0. The Morgan fingerprint density at radius 1 is 1.29 bits per heavy atom. The third-order valence-electron chi connectivity index (χ3n) is 2.58. The molecule has 2 N–H and O–H groups in total. The van der Waals surface area contributed by atoms with Crippen molar-refractivity contribution in [1.82, 2.24) is 4.98 Å². The average Bonchev–Trinajstić information content (AvgIpc) is 2.80. The number of hydrogen-bond acceptors (Lipinski definition) is 5. The second-order valence-corrected chi connectivity index (χ2v) is 3.68. The first-order chi connectivity index (χ1) is 8.38. The maximum Gasteiger partial charge on any atom is 0.231 e. The van der Waals surface area contributed by atoms with Gasteiger partial charge in [-0.05, 0) is 23.6 Å². The normalized spacial score (nSPS) is 13.0. The Hall–Kier alpha value is -2.01. The fraction of sp³-hybridized carbons (Fsp3) is 0.250. The lowest BCUT2D eigenvalue weighted by molar-refractivity contribution is 0.174.